The highest BCUT2D eigenvalue weighted by atomic mass is 127. The molecule has 5 rings (SSSR count). The molecule has 0 N–H and O–H groups in total. The first-order valence-electron chi connectivity index (χ1n) is 11.7. The second kappa shape index (κ2) is 10.3. The summed E-state index contributed by atoms with van der Waals surface area (Å²) in [6.45, 7) is 1.72. The summed E-state index contributed by atoms with van der Waals surface area (Å²) in [6.07, 6.45) is -0.541. The molecule has 0 bridgehead atoms. The largest absolute Gasteiger partial charge is 0.451 e. The Morgan fingerprint density at radius 1 is 0.972 bits per heavy atom. The lowest BCUT2D eigenvalue weighted by Gasteiger charge is -2.55. The monoisotopic (exact) mass is 612 g/mol. The Kier molecular flexibility index (Phi) is 7.07. The van der Waals surface area contributed by atoms with Gasteiger partial charge in [-0.05, 0) is 23.3 Å². The molecule has 36 heavy (non-hydrogen) atoms. The van der Waals surface area contributed by atoms with Gasteiger partial charge in [-0.15, -0.1) is 11.8 Å². The minimum Gasteiger partial charge on any atom is -0.451 e. The van der Waals surface area contributed by atoms with Crippen LogP contribution in [-0.4, -0.2) is 49.8 Å². The van der Waals surface area contributed by atoms with Crippen molar-refractivity contribution in [1.29, 1.82) is 0 Å². The Labute approximate surface area is 228 Å². The number of rotatable bonds is 6. The highest BCUT2D eigenvalue weighted by molar-refractivity contribution is 14.1. The summed E-state index contributed by atoms with van der Waals surface area (Å²) < 4.78 is 5.23. The van der Waals surface area contributed by atoms with Gasteiger partial charge in [-0.3, -0.25) is 19.3 Å². The van der Waals surface area contributed by atoms with E-state index >= 15 is 0 Å². The lowest BCUT2D eigenvalue weighted by Crippen LogP contribution is -2.75. The Balaban J connectivity index is 1.34. The predicted molar refractivity (Wildman–Crippen MR) is 149 cm³/mol. The Morgan fingerprint density at radius 2 is 1.50 bits per heavy atom. The zero-order valence-electron chi connectivity index (χ0n) is 19.6. The second-order valence-corrected chi connectivity index (χ2v) is 12.1. The number of alkyl halides is 1. The molecule has 0 aliphatic carbocycles. The fourth-order valence-electron chi connectivity index (χ4n) is 4.67. The van der Waals surface area contributed by atoms with Crippen molar-refractivity contribution in [3.8, 4) is 0 Å². The van der Waals surface area contributed by atoms with Crippen molar-refractivity contribution in [1.82, 2.24) is 4.90 Å². The number of halogens is 1. The molecule has 3 aromatic carbocycles. The van der Waals surface area contributed by atoms with Crippen LogP contribution in [0.5, 0.6) is 0 Å². The molecule has 2 amide bonds. The van der Waals surface area contributed by atoms with Crippen molar-refractivity contribution in [3.05, 3.63) is 102 Å². The second-order valence-electron chi connectivity index (χ2n) is 8.91. The van der Waals surface area contributed by atoms with Gasteiger partial charge < -0.3 is 9.64 Å². The number of esters is 1. The van der Waals surface area contributed by atoms with E-state index in [0.717, 1.165) is 11.1 Å². The maximum atomic E-state index is 13.6. The van der Waals surface area contributed by atoms with Crippen molar-refractivity contribution in [2.24, 2.45) is 0 Å². The van der Waals surface area contributed by atoms with Crippen LogP contribution < -0.4 is 4.90 Å². The number of thioether (sulfide) groups is 1. The summed E-state index contributed by atoms with van der Waals surface area (Å²) in [5.74, 6) is -0.204. The number of carbonyl (C=O) groups is 3. The Hall–Kier alpha value is -2.85. The average Bonchev–Trinajstić information content (AvgIpc) is 2.91. The molecule has 2 heterocycles. The topological polar surface area (TPSA) is 66.9 Å². The molecule has 2 aliphatic heterocycles. The van der Waals surface area contributed by atoms with Crippen LogP contribution in [0.2, 0.25) is 0 Å². The molecular weight excluding hydrogens is 587 g/mol. The first-order valence-corrected chi connectivity index (χ1v) is 13.8. The minimum atomic E-state index is -0.894. The molecule has 2 saturated heterocycles. The number of carbonyl (C=O) groups excluding carboxylic acids is 3. The van der Waals surface area contributed by atoms with E-state index in [1.807, 2.05) is 91.0 Å². The molecule has 8 heteroatoms. The van der Waals surface area contributed by atoms with E-state index in [4.69, 9.17) is 4.74 Å². The van der Waals surface area contributed by atoms with E-state index in [1.54, 1.807) is 9.80 Å². The number of hydrogen-bond donors (Lipinski definition) is 0. The van der Waals surface area contributed by atoms with Crippen molar-refractivity contribution < 1.29 is 19.1 Å². The van der Waals surface area contributed by atoms with Crippen LogP contribution in [0.15, 0.2) is 91.0 Å². The molecule has 184 valence electrons. The zero-order valence-corrected chi connectivity index (χ0v) is 22.6. The van der Waals surface area contributed by atoms with Crippen LogP contribution in [0.3, 0.4) is 0 Å². The van der Waals surface area contributed by atoms with Gasteiger partial charge >= 0.3 is 5.97 Å². The molecule has 0 saturated carbocycles. The third kappa shape index (κ3) is 4.64. The number of β-lactam (4-membered cyclic amide) rings is 1. The molecule has 3 aromatic rings. The smallest absolute Gasteiger partial charge is 0.325 e. The molecule has 2 fully saturated rings. The lowest BCUT2D eigenvalue weighted by molar-refractivity contribution is -0.154. The van der Waals surface area contributed by atoms with E-state index in [9.17, 15) is 14.4 Å². The van der Waals surface area contributed by atoms with Gasteiger partial charge in [0.25, 0.3) is 0 Å². The predicted octanol–water partition coefficient (Wildman–Crippen LogP) is 4.83. The molecule has 0 spiro atoms. The van der Waals surface area contributed by atoms with Crippen molar-refractivity contribution in [2.45, 2.75) is 27.9 Å². The third-order valence-electron chi connectivity index (χ3n) is 6.46. The Morgan fingerprint density at radius 3 is 2.03 bits per heavy atom. The normalized spacial score (nSPS) is 23.0. The SMILES string of the molecule is CC(=O)N(c1ccccc1)C1C(=O)N2CC(I)(C(=O)OC(c3ccccc3)c3ccccc3)CS[C@H]12. The summed E-state index contributed by atoms with van der Waals surface area (Å²) in [4.78, 5) is 42.6. The van der Waals surface area contributed by atoms with Crippen LogP contribution in [-0.2, 0) is 19.1 Å². The number of ether oxygens (including phenoxy) is 1. The summed E-state index contributed by atoms with van der Waals surface area (Å²) in [6, 6.07) is 28.0. The van der Waals surface area contributed by atoms with Gasteiger partial charge in [0, 0.05) is 24.9 Å². The fraction of sp³-hybridized carbons (Fsp3) is 0.250. The number of para-hydroxylation sites is 1. The van der Waals surface area contributed by atoms with E-state index in [1.165, 1.54) is 18.7 Å². The number of nitrogens with zero attached hydrogens (tertiary/aromatic N) is 2. The van der Waals surface area contributed by atoms with E-state index in [-0.39, 0.29) is 29.7 Å². The summed E-state index contributed by atoms with van der Waals surface area (Å²) in [5, 5.41) is -0.198. The van der Waals surface area contributed by atoms with Crippen LogP contribution in [0.4, 0.5) is 5.69 Å². The number of amides is 2. The van der Waals surface area contributed by atoms with Crippen LogP contribution >= 0.6 is 34.4 Å². The first kappa shape index (κ1) is 24.8. The van der Waals surface area contributed by atoms with E-state index in [0.29, 0.717) is 11.4 Å². The molecule has 6 nitrogen and oxygen atoms in total. The number of benzene rings is 3. The standard InChI is InChI=1S/C28H25IN2O4S/c1-19(32)31(22-15-9-4-10-16-22)23-25(33)30-17-28(29,18-36-26(23)30)27(34)35-24(20-11-5-2-6-12-20)21-13-7-3-8-14-21/h2-16,23-24,26H,17-18H2,1H3/t23?,26-,28?/m1/s1. The molecule has 3 atom stereocenters. The van der Waals surface area contributed by atoms with Gasteiger partial charge in [0.1, 0.15) is 14.8 Å². The molecule has 2 unspecified atom stereocenters. The lowest BCUT2D eigenvalue weighted by atomic mass is 9.99. The van der Waals surface area contributed by atoms with Gasteiger partial charge in [0.2, 0.25) is 11.8 Å². The number of fused-ring (bicyclic) bond motifs is 1. The minimum absolute atomic E-state index is 0.150. The van der Waals surface area contributed by atoms with Crippen molar-refractivity contribution in [2.75, 3.05) is 17.2 Å². The van der Waals surface area contributed by atoms with Crippen molar-refractivity contribution >= 4 is 57.8 Å². The fourth-order valence-corrected chi connectivity index (χ4v) is 7.13. The summed E-state index contributed by atoms with van der Waals surface area (Å²) in [5.41, 5.74) is 2.47. The summed E-state index contributed by atoms with van der Waals surface area (Å²) in [7, 11) is 0. The van der Waals surface area contributed by atoms with E-state index in [2.05, 4.69) is 22.6 Å². The molecular formula is C28H25IN2O4S. The maximum Gasteiger partial charge on any atom is 0.325 e. The van der Waals surface area contributed by atoms with Crippen LogP contribution in [0.1, 0.15) is 24.2 Å². The molecule has 2 aliphatic rings. The van der Waals surface area contributed by atoms with Crippen molar-refractivity contribution in [3.63, 3.8) is 0 Å². The molecule has 0 radical (unpaired) electrons. The molecule has 0 aromatic heterocycles. The van der Waals surface area contributed by atoms with Gasteiger partial charge in [-0.2, -0.15) is 0 Å². The van der Waals surface area contributed by atoms with Crippen LogP contribution in [0.25, 0.3) is 0 Å². The summed E-state index contributed by atoms with van der Waals surface area (Å²) >= 11 is 3.66. The average molecular weight is 612 g/mol. The maximum absolute atomic E-state index is 13.6. The van der Waals surface area contributed by atoms with E-state index < -0.39 is 15.6 Å². The third-order valence-corrected chi connectivity index (χ3v) is 9.66. The van der Waals surface area contributed by atoms with Gasteiger partial charge in [-0.25, -0.2) is 0 Å². The quantitative estimate of drug-likeness (QED) is 0.173. The van der Waals surface area contributed by atoms with Gasteiger partial charge in [0.05, 0.1) is 0 Å². The highest BCUT2D eigenvalue weighted by Gasteiger charge is 2.59. The Bertz CT molecular complexity index is 1220. The zero-order chi connectivity index (χ0) is 25.3. The van der Waals surface area contributed by atoms with Gasteiger partial charge in [0.15, 0.2) is 6.10 Å². The number of hydrogen-bond acceptors (Lipinski definition) is 5. The first-order chi connectivity index (χ1) is 17.4. The highest BCUT2D eigenvalue weighted by Crippen LogP contribution is 2.45. The van der Waals surface area contributed by atoms with Gasteiger partial charge in [-0.1, -0.05) is 101 Å². The van der Waals surface area contributed by atoms with Crippen LogP contribution in [0, 0.1) is 0 Å². The number of anilines is 1.